The van der Waals surface area contributed by atoms with Crippen LogP contribution in [-0.2, 0) is 0 Å². The predicted octanol–water partition coefficient (Wildman–Crippen LogP) is 3.75. The van der Waals surface area contributed by atoms with Gasteiger partial charge in [0.15, 0.2) is 0 Å². The Morgan fingerprint density at radius 1 is 0.968 bits per heavy atom. The van der Waals surface area contributed by atoms with E-state index >= 15 is 0 Å². The highest BCUT2D eigenvalue weighted by Crippen LogP contribution is 2.34. The van der Waals surface area contributed by atoms with E-state index in [1.165, 1.54) is 6.07 Å². The molecule has 1 fully saturated rings. The van der Waals surface area contributed by atoms with E-state index in [1.54, 1.807) is 0 Å². The number of aromatic nitrogens is 2. The molecule has 2 N–H and O–H groups in total. The summed E-state index contributed by atoms with van der Waals surface area (Å²) in [6.45, 7) is 4.34. The standard InChI is InChI=1S/C23H24F2N6/c1-30-6-8-31(9-7-30)22-11-15(4-5-26-22)16-10-20-23(27-13-16)28-14-21(29-20)18-12-17(24)2-3-19(18)25/h2-5,10-13,21,29H,6-9,14H2,1H3,(H,27,28). The summed E-state index contributed by atoms with van der Waals surface area (Å²) in [4.78, 5) is 13.7. The molecule has 0 saturated carbocycles. The number of rotatable bonds is 3. The van der Waals surface area contributed by atoms with Crippen LogP contribution in [0.3, 0.4) is 0 Å². The van der Waals surface area contributed by atoms with E-state index in [1.807, 2.05) is 24.5 Å². The van der Waals surface area contributed by atoms with Gasteiger partial charge in [0.05, 0.1) is 11.7 Å². The van der Waals surface area contributed by atoms with Crippen LogP contribution >= 0.6 is 0 Å². The van der Waals surface area contributed by atoms with Gasteiger partial charge in [-0.25, -0.2) is 18.7 Å². The Morgan fingerprint density at radius 3 is 2.65 bits per heavy atom. The van der Waals surface area contributed by atoms with Gasteiger partial charge in [-0.05, 0) is 49.0 Å². The van der Waals surface area contributed by atoms with Crippen molar-refractivity contribution in [2.75, 3.05) is 55.3 Å². The van der Waals surface area contributed by atoms with Crippen molar-refractivity contribution in [1.82, 2.24) is 14.9 Å². The minimum absolute atomic E-state index is 0.296. The van der Waals surface area contributed by atoms with Gasteiger partial charge in [0, 0.05) is 56.2 Å². The molecule has 2 aromatic heterocycles. The molecule has 1 unspecified atom stereocenters. The molecule has 0 amide bonds. The van der Waals surface area contributed by atoms with E-state index in [0.717, 1.165) is 60.9 Å². The van der Waals surface area contributed by atoms with E-state index in [9.17, 15) is 8.78 Å². The molecule has 6 nitrogen and oxygen atoms in total. The van der Waals surface area contributed by atoms with Crippen LogP contribution < -0.4 is 15.5 Å². The van der Waals surface area contributed by atoms with Crippen molar-refractivity contribution in [3.8, 4) is 11.1 Å². The van der Waals surface area contributed by atoms with Gasteiger partial charge in [0.25, 0.3) is 0 Å². The van der Waals surface area contributed by atoms with Crippen molar-refractivity contribution in [1.29, 1.82) is 0 Å². The number of hydrogen-bond acceptors (Lipinski definition) is 6. The topological polar surface area (TPSA) is 56.3 Å². The number of pyridine rings is 2. The quantitative estimate of drug-likeness (QED) is 0.671. The van der Waals surface area contributed by atoms with E-state index in [0.29, 0.717) is 17.9 Å². The van der Waals surface area contributed by atoms with Gasteiger partial charge in [-0.15, -0.1) is 0 Å². The normalized spacial score (nSPS) is 18.8. The third-order valence-corrected chi connectivity index (χ3v) is 5.93. The molecule has 1 atom stereocenters. The SMILES string of the molecule is CN1CCN(c2cc(-c3cnc4c(c3)NC(c3cc(F)ccc3F)CN4)ccn2)CC1. The third-order valence-electron chi connectivity index (χ3n) is 5.93. The number of benzene rings is 1. The highest BCUT2D eigenvalue weighted by atomic mass is 19.1. The Hall–Kier alpha value is -3.26. The lowest BCUT2D eigenvalue weighted by Gasteiger charge is -2.33. The minimum Gasteiger partial charge on any atom is -0.373 e. The first-order valence-corrected chi connectivity index (χ1v) is 10.4. The number of nitrogens with one attached hydrogen (secondary N) is 2. The van der Waals surface area contributed by atoms with Crippen LogP contribution in [0.5, 0.6) is 0 Å². The van der Waals surface area contributed by atoms with Gasteiger partial charge in [-0.3, -0.25) is 0 Å². The lowest BCUT2D eigenvalue weighted by atomic mass is 10.0. The molecule has 160 valence electrons. The van der Waals surface area contributed by atoms with E-state index < -0.39 is 17.7 Å². The summed E-state index contributed by atoms with van der Waals surface area (Å²) in [5.74, 6) is 0.766. The van der Waals surface area contributed by atoms with Gasteiger partial charge >= 0.3 is 0 Å². The van der Waals surface area contributed by atoms with Crippen molar-refractivity contribution in [2.24, 2.45) is 0 Å². The molecule has 1 aromatic carbocycles. The lowest BCUT2D eigenvalue weighted by Crippen LogP contribution is -2.44. The Kier molecular flexibility index (Phi) is 5.15. The fourth-order valence-electron chi connectivity index (χ4n) is 4.09. The summed E-state index contributed by atoms with van der Waals surface area (Å²) >= 11 is 0. The maximum atomic E-state index is 14.3. The van der Waals surface area contributed by atoms with Crippen LogP contribution in [0.2, 0.25) is 0 Å². The second-order valence-electron chi connectivity index (χ2n) is 8.06. The number of piperazine rings is 1. The summed E-state index contributed by atoms with van der Waals surface area (Å²) < 4.78 is 27.9. The average molecular weight is 422 g/mol. The smallest absolute Gasteiger partial charge is 0.149 e. The summed E-state index contributed by atoms with van der Waals surface area (Å²) in [5, 5.41) is 6.53. The Morgan fingerprint density at radius 2 is 1.81 bits per heavy atom. The maximum Gasteiger partial charge on any atom is 0.149 e. The highest BCUT2D eigenvalue weighted by Gasteiger charge is 2.23. The molecular formula is C23H24F2N6. The van der Waals surface area contributed by atoms with Gasteiger partial charge in [0.1, 0.15) is 23.3 Å². The molecule has 0 radical (unpaired) electrons. The number of hydrogen-bond donors (Lipinski definition) is 2. The highest BCUT2D eigenvalue weighted by molar-refractivity contribution is 5.76. The molecule has 4 heterocycles. The molecule has 0 aliphatic carbocycles. The van der Waals surface area contributed by atoms with Crippen molar-refractivity contribution in [3.05, 3.63) is 66.0 Å². The van der Waals surface area contributed by atoms with Gasteiger partial charge in [0.2, 0.25) is 0 Å². The Labute approximate surface area is 179 Å². The molecule has 31 heavy (non-hydrogen) atoms. The molecule has 8 heteroatoms. The summed E-state index contributed by atoms with van der Waals surface area (Å²) in [5.41, 5.74) is 3.01. The minimum atomic E-state index is -0.455. The number of halogens is 2. The molecule has 2 aliphatic heterocycles. The molecule has 2 aliphatic rings. The van der Waals surface area contributed by atoms with Crippen molar-refractivity contribution >= 4 is 17.3 Å². The van der Waals surface area contributed by atoms with E-state index in [-0.39, 0.29) is 0 Å². The van der Waals surface area contributed by atoms with Crippen LogP contribution in [0.4, 0.5) is 26.1 Å². The molecular weight excluding hydrogens is 398 g/mol. The zero-order valence-corrected chi connectivity index (χ0v) is 17.3. The number of anilines is 3. The first kappa shape index (κ1) is 19.7. The monoisotopic (exact) mass is 422 g/mol. The summed E-state index contributed by atoms with van der Waals surface area (Å²) in [7, 11) is 2.13. The fourth-order valence-corrected chi connectivity index (χ4v) is 4.09. The molecule has 5 rings (SSSR count). The molecule has 0 bridgehead atoms. The van der Waals surface area contributed by atoms with Gasteiger partial charge in [-0.1, -0.05) is 0 Å². The Balaban J connectivity index is 1.41. The first-order valence-electron chi connectivity index (χ1n) is 10.4. The van der Waals surface area contributed by atoms with Gasteiger partial charge < -0.3 is 20.4 Å². The van der Waals surface area contributed by atoms with Crippen LogP contribution in [0.1, 0.15) is 11.6 Å². The average Bonchev–Trinajstić information content (AvgIpc) is 2.80. The van der Waals surface area contributed by atoms with E-state index in [4.69, 9.17) is 0 Å². The van der Waals surface area contributed by atoms with Crippen molar-refractivity contribution in [2.45, 2.75) is 6.04 Å². The number of likely N-dealkylation sites (N-methyl/N-ethyl adjacent to an activating group) is 1. The fraction of sp³-hybridized carbons (Fsp3) is 0.304. The van der Waals surface area contributed by atoms with Crippen LogP contribution in [0.15, 0.2) is 48.8 Å². The zero-order valence-electron chi connectivity index (χ0n) is 17.3. The number of nitrogens with zero attached hydrogens (tertiary/aromatic N) is 4. The van der Waals surface area contributed by atoms with Crippen LogP contribution in [0.25, 0.3) is 11.1 Å². The predicted molar refractivity (Wildman–Crippen MR) is 118 cm³/mol. The third kappa shape index (κ3) is 4.03. The second kappa shape index (κ2) is 8.11. The summed E-state index contributed by atoms with van der Waals surface area (Å²) in [6.07, 6.45) is 3.64. The van der Waals surface area contributed by atoms with Crippen LogP contribution in [0, 0.1) is 11.6 Å². The van der Waals surface area contributed by atoms with E-state index in [2.05, 4.69) is 43.5 Å². The second-order valence-corrected chi connectivity index (χ2v) is 8.06. The summed E-state index contributed by atoms with van der Waals surface area (Å²) in [6, 6.07) is 9.16. The van der Waals surface area contributed by atoms with Crippen molar-refractivity contribution in [3.63, 3.8) is 0 Å². The molecule has 1 saturated heterocycles. The maximum absolute atomic E-state index is 14.3. The Bertz CT molecular complexity index is 1100. The van der Waals surface area contributed by atoms with Gasteiger partial charge in [-0.2, -0.15) is 0 Å². The number of fused-ring (bicyclic) bond motifs is 1. The molecule has 0 spiro atoms. The molecule has 3 aromatic rings. The van der Waals surface area contributed by atoms with Crippen LogP contribution in [-0.4, -0.2) is 54.6 Å². The largest absolute Gasteiger partial charge is 0.373 e. The van der Waals surface area contributed by atoms with Crippen molar-refractivity contribution < 1.29 is 8.78 Å². The first-order chi connectivity index (χ1) is 15.1. The zero-order chi connectivity index (χ0) is 21.4. The lowest BCUT2D eigenvalue weighted by molar-refractivity contribution is 0.312.